The highest BCUT2D eigenvalue weighted by Crippen LogP contribution is 2.15. The number of amides is 3. The molecule has 1 fully saturated rings. The number of nitrogens with one attached hydrogen (secondary N) is 1. The molecule has 0 aliphatic carbocycles. The molecule has 0 spiro atoms. The zero-order chi connectivity index (χ0) is 17.0. The van der Waals surface area contributed by atoms with Crippen molar-refractivity contribution in [2.24, 2.45) is 0 Å². The number of thiophene rings is 1. The van der Waals surface area contributed by atoms with Crippen molar-refractivity contribution in [2.75, 3.05) is 26.2 Å². The molecule has 0 radical (unpaired) electrons. The molecule has 23 heavy (non-hydrogen) atoms. The molecule has 2 rings (SSSR count). The van der Waals surface area contributed by atoms with Crippen LogP contribution < -0.4 is 5.32 Å². The van der Waals surface area contributed by atoms with Gasteiger partial charge in [0.2, 0.25) is 0 Å². The van der Waals surface area contributed by atoms with Gasteiger partial charge in [0.25, 0.3) is 0 Å². The molecule has 1 aromatic heterocycles. The molecule has 1 aliphatic rings. The van der Waals surface area contributed by atoms with Gasteiger partial charge in [-0.1, -0.05) is 0 Å². The van der Waals surface area contributed by atoms with E-state index in [9.17, 15) is 9.59 Å². The van der Waals surface area contributed by atoms with Crippen molar-refractivity contribution in [1.29, 1.82) is 0 Å². The summed E-state index contributed by atoms with van der Waals surface area (Å²) in [6, 6.07) is 1.97. The quantitative estimate of drug-likeness (QED) is 0.901. The van der Waals surface area contributed by atoms with E-state index in [1.165, 1.54) is 10.4 Å². The van der Waals surface area contributed by atoms with Crippen molar-refractivity contribution in [1.82, 2.24) is 15.1 Å². The molecule has 0 atom stereocenters. The first-order valence-electron chi connectivity index (χ1n) is 7.80. The molecule has 128 valence electrons. The monoisotopic (exact) mass is 339 g/mol. The topological polar surface area (TPSA) is 61.9 Å². The number of carbonyl (C=O) groups excluding carboxylic acids is 2. The Morgan fingerprint density at radius 3 is 2.35 bits per heavy atom. The Hall–Kier alpha value is -1.76. The summed E-state index contributed by atoms with van der Waals surface area (Å²) in [6.45, 7) is 10.2. The molecule has 0 unspecified atom stereocenters. The first-order valence-corrected chi connectivity index (χ1v) is 8.68. The number of aryl methyl sites for hydroxylation is 1. The normalized spacial score (nSPS) is 15.5. The fourth-order valence-electron chi connectivity index (χ4n) is 2.27. The third kappa shape index (κ3) is 5.13. The average Bonchev–Trinajstić information content (AvgIpc) is 2.88. The maximum atomic E-state index is 12.2. The number of urea groups is 1. The van der Waals surface area contributed by atoms with Gasteiger partial charge in [-0.2, -0.15) is 0 Å². The van der Waals surface area contributed by atoms with Crippen LogP contribution in [-0.2, 0) is 11.3 Å². The van der Waals surface area contributed by atoms with E-state index in [0.29, 0.717) is 32.7 Å². The second kappa shape index (κ2) is 7.21. The summed E-state index contributed by atoms with van der Waals surface area (Å²) in [4.78, 5) is 28.8. The summed E-state index contributed by atoms with van der Waals surface area (Å²) in [5.41, 5.74) is 0.703. The van der Waals surface area contributed by atoms with E-state index in [0.717, 1.165) is 0 Å². The molecule has 2 heterocycles. The summed E-state index contributed by atoms with van der Waals surface area (Å²) in [5, 5.41) is 4.96. The molecule has 1 aromatic rings. The van der Waals surface area contributed by atoms with Gasteiger partial charge < -0.3 is 19.9 Å². The van der Waals surface area contributed by atoms with Crippen molar-refractivity contribution >= 4 is 23.5 Å². The summed E-state index contributed by atoms with van der Waals surface area (Å²) in [5.74, 6) is 0. The number of piperazine rings is 1. The SMILES string of the molecule is Cc1ccsc1CNC(=O)N1CCN(C(=O)OC(C)(C)C)CC1. The summed E-state index contributed by atoms with van der Waals surface area (Å²) < 4.78 is 5.35. The van der Waals surface area contributed by atoms with E-state index in [1.807, 2.05) is 39.1 Å². The van der Waals surface area contributed by atoms with Crippen molar-refractivity contribution in [3.63, 3.8) is 0 Å². The first-order chi connectivity index (χ1) is 10.8. The smallest absolute Gasteiger partial charge is 0.410 e. The molecule has 0 aromatic carbocycles. The molecule has 7 heteroatoms. The largest absolute Gasteiger partial charge is 0.444 e. The van der Waals surface area contributed by atoms with E-state index in [1.54, 1.807) is 21.1 Å². The Morgan fingerprint density at radius 1 is 1.22 bits per heavy atom. The number of nitrogens with zero attached hydrogens (tertiary/aromatic N) is 2. The van der Waals surface area contributed by atoms with Gasteiger partial charge in [-0.15, -0.1) is 11.3 Å². The van der Waals surface area contributed by atoms with Crippen LogP contribution >= 0.6 is 11.3 Å². The van der Waals surface area contributed by atoms with E-state index >= 15 is 0 Å². The number of hydrogen-bond acceptors (Lipinski definition) is 4. The second-order valence-corrected chi connectivity index (χ2v) is 7.64. The molecule has 1 saturated heterocycles. The Bertz CT molecular complexity index is 557. The summed E-state index contributed by atoms with van der Waals surface area (Å²) in [7, 11) is 0. The van der Waals surface area contributed by atoms with E-state index in [4.69, 9.17) is 4.74 Å². The van der Waals surface area contributed by atoms with E-state index in [-0.39, 0.29) is 12.1 Å². The number of ether oxygens (including phenoxy) is 1. The third-order valence-corrected chi connectivity index (χ3v) is 4.61. The van der Waals surface area contributed by atoms with Crippen LogP contribution in [0.15, 0.2) is 11.4 Å². The number of carbonyl (C=O) groups is 2. The highest BCUT2D eigenvalue weighted by Gasteiger charge is 2.27. The van der Waals surface area contributed by atoms with Crippen LogP contribution in [0, 0.1) is 6.92 Å². The van der Waals surface area contributed by atoms with Crippen LogP contribution in [0.5, 0.6) is 0 Å². The van der Waals surface area contributed by atoms with Crippen molar-refractivity contribution in [3.05, 3.63) is 21.9 Å². The molecule has 0 saturated carbocycles. The Balaban J connectivity index is 1.76. The Labute approximate surface area is 141 Å². The first kappa shape index (κ1) is 17.6. The lowest BCUT2D eigenvalue weighted by atomic mass is 10.2. The molecule has 1 aliphatic heterocycles. The minimum absolute atomic E-state index is 0.0818. The summed E-state index contributed by atoms with van der Waals surface area (Å²) in [6.07, 6.45) is -0.313. The highest BCUT2D eigenvalue weighted by molar-refractivity contribution is 7.10. The maximum absolute atomic E-state index is 12.2. The van der Waals surface area contributed by atoms with Crippen LogP contribution in [0.2, 0.25) is 0 Å². The molecule has 6 nitrogen and oxygen atoms in total. The van der Waals surface area contributed by atoms with Crippen molar-refractivity contribution in [2.45, 2.75) is 39.8 Å². The maximum Gasteiger partial charge on any atom is 0.410 e. The van der Waals surface area contributed by atoms with Crippen LogP contribution in [0.3, 0.4) is 0 Å². The lowest BCUT2D eigenvalue weighted by Crippen LogP contribution is -2.53. The van der Waals surface area contributed by atoms with E-state index in [2.05, 4.69) is 5.32 Å². The fraction of sp³-hybridized carbons (Fsp3) is 0.625. The minimum Gasteiger partial charge on any atom is -0.444 e. The molecule has 0 bridgehead atoms. The number of hydrogen-bond donors (Lipinski definition) is 1. The predicted octanol–water partition coefficient (Wildman–Crippen LogP) is 2.82. The van der Waals surface area contributed by atoms with Gasteiger partial charge in [-0.3, -0.25) is 0 Å². The average molecular weight is 339 g/mol. The minimum atomic E-state index is -0.496. The van der Waals surface area contributed by atoms with Crippen LogP contribution in [0.4, 0.5) is 9.59 Å². The van der Waals surface area contributed by atoms with Gasteiger partial charge in [0.15, 0.2) is 0 Å². The lowest BCUT2D eigenvalue weighted by molar-refractivity contribution is 0.0170. The standard InChI is InChI=1S/C16H25N3O3S/c1-12-5-10-23-13(12)11-17-14(20)18-6-8-19(9-7-18)15(21)22-16(2,3)4/h5,10H,6-9,11H2,1-4H3,(H,17,20). The van der Waals surface area contributed by atoms with Crippen molar-refractivity contribution < 1.29 is 14.3 Å². The van der Waals surface area contributed by atoms with Gasteiger partial charge in [0, 0.05) is 31.1 Å². The molecular formula is C16H25N3O3S. The van der Waals surface area contributed by atoms with Gasteiger partial charge in [-0.05, 0) is 44.7 Å². The Kier molecular flexibility index (Phi) is 5.51. The van der Waals surface area contributed by atoms with Crippen LogP contribution in [-0.4, -0.2) is 53.7 Å². The lowest BCUT2D eigenvalue weighted by Gasteiger charge is -2.35. The van der Waals surface area contributed by atoms with Gasteiger partial charge >= 0.3 is 12.1 Å². The zero-order valence-corrected chi connectivity index (χ0v) is 15.0. The molecule has 1 N–H and O–H groups in total. The van der Waals surface area contributed by atoms with E-state index < -0.39 is 5.60 Å². The molecule has 3 amide bonds. The second-order valence-electron chi connectivity index (χ2n) is 6.64. The fourth-order valence-corrected chi connectivity index (χ4v) is 3.12. The Morgan fingerprint density at radius 2 is 1.83 bits per heavy atom. The van der Waals surface area contributed by atoms with Gasteiger partial charge in [0.1, 0.15) is 5.60 Å². The predicted molar refractivity (Wildman–Crippen MR) is 90.7 cm³/mol. The van der Waals surface area contributed by atoms with Crippen molar-refractivity contribution in [3.8, 4) is 0 Å². The molecular weight excluding hydrogens is 314 g/mol. The summed E-state index contributed by atoms with van der Waals surface area (Å²) >= 11 is 1.65. The van der Waals surface area contributed by atoms with Gasteiger partial charge in [-0.25, -0.2) is 9.59 Å². The number of rotatable bonds is 2. The highest BCUT2D eigenvalue weighted by atomic mass is 32.1. The third-order valence-electron chi connectivity index (χ3n) is 3.59. The zero-order valence-electron chi connectivity index (χ0n) is 14.2. The van der Waals surface area contributed by atoms with Crippen LogP contribution in [0.25, 0.3) is 0 Å². The van der Waals surface area contributed by atoms with Gasteiger partial charge in [0.05, 0.1) is 6.54 Å². The van der Waals surface area contributed by atoms with Crippen LogP contribution in [0.1, 0.15) is 31.2 Å².